The number of aliphatic carboxylic acids is 1. The van der Waals surface area contributed by atoms with Crippen molar-refractivity contribution in [3.05, 3.63) is 35.4 Å². The topological polar surface area (TPSA) is 66.4 Å². The molecule has 1 aromatic carbocycles. The maximum atomic E-state index is 13.7. The first-order valence-electron chi connectivity index (χ1n) is 7.28. The lowest BCUT2D eigenvalue weighted by molar-refractivity contribution is -0.142. The molecule has 0 aliphatic heterocycles. The fraction of sp³-hybridized carbons (Fsp3) is 0.500. The van der Waals surface area contributed by atoms with Gasteiger partial charge in [-0.15, -0.1) is 0 Å². The smallest absolute Gasteiger partial charge is 0.326 e. The monoisotopic (exact) mass is 311 g/mol. The average Bonchev–Trinajstić information content (AvgIpc) is 3.20. The van der Waals surface area contributed by atoms with Crippen molar-refractivity contribution in [2.75, 3.05) is 0 Å². The number of hydrogen-bond donors (Lipinski definition) is 2. The van der Waals surface area contributed by atoms with E-state index < -0.39 is 35.5 Å². The highest BCUT2D eigenvalue weighted by Gasteiger charge is 2.46. The number of nitrogens with one attached hydrogen (secondary N) is 1. The van der Waals surface area contributed by atoms with Crippen molar-refractivity contribution in [3.8, 4) is 0 Å². The lowest BCUT2D eigenvalue weighted by Gasteiger charge is -2.16. The molecule has 1 fully saturated rings. The summed E-state index contributed by atoms with van der Waals surface area (Å²) in [6.07, 6.45) is 0.729. The molecule has 2 unspecified atom stereocenters. The van der Waals surface area contributed by atoms with E-state index in [0.717, 1.165) is 6.07 Å². The lowest BCUT2D eigenvalue weighted by atomic mass is 10.0. The molecule has 2 rings (SSSR count). The number of benzene rings is 1. The van der Waals surface area contributed by atoms with E-state index in [9.17, 15) is 18.4 Å². The first-order valence-corrected chi connectivity index (χ1v) is 7.28. The molecule has 1 saturated carbocycles. The molecular formula is C16H19F2NO3. The van der Waals surface area contributed by atoms with Gasteiger partial charge in [0.2, 0.25) is 5.91 Å². The molecule has 0 heterocycles. The fourth-order valence-corrected chi connectivity index (χ4v) is 2.61. The van der Waals surface area contributed by atoms with E-state index in [1.54, 1.807) is 0 Å². The largest absolute Gasteiger partial charge is 0.480 e. The Morgan fingerprint density at radius 1 is 1.36 bits per heavy atom. The van der Waals surface area contributed by atoms with Crippen LogP contribution in [-0.4, -0.2) is 23.0 Å². The molecule has 4 nitrogen and oxygen atoms in total. The van der Waals surface area contributed by atoms with Crippen molar-refractivity contribution in [1.82, 2.24) is 5.32 Å². The number of carbonyl (C=O) groups excluding carboxylic acids is 1. The summed E-state index contributed by atoms with van der Waals surface area (Å²) in [4.78, 5) is 23.2. The van der Waals surface area contributed by atoms with Gasteiger partial charge in [-0.25, -0.2) is 13.6 Å². The van der Waals surface area contributed by atoms with E-state index in [1.165, 1.54) is 12.1 Å². The Morgan fingerprint density at radius 2 is 2.05 bits per heavy atom. The van der Waals surface area contributed by atoms with Gasteiger partial charge in [0, 0.05) is 5.92 Å². The summed E-state index contributed by atoms with van der Waals surface area (Å²) >= 11 is 0. The maximum absolute atomic E-state index is 13.7. The molecule has 0 bridgehead atoms. The summed E-state index contributed by atoms with van der Waals surface area (Å²) in [5, 5.41) is 11.6. The molecule has 0 radical (unpaired) electrons. The van der Waals surface area contributed by atoms with Crippen molar-refractivity contribution in [2.24, 2.45) is 11.8 Å². The molecule has 120 valence electrons. The second kappa shape index (κ2) is 6.42. The molecule has 2 N–H and O–H groups in total. The molecule has 6 heteroatoms. The Hall–Kier alpha value is -1.98. The molecular weight excluding hydrogens is 292 g/mol. The first-order chi connectivity index (χ1) is 10.3. The molecule has 3 atom stereocenters. The van der Waals surface area contributed by atoms with E-state index in [0.29, 0.717) is 12.8 Å². The van der Waals surface area contributed by atoms with Gasteiger partial charge in [0.1, 0.15) is 6.04 Å². The highest BCUT2D eigenvalue weighted by molar-refractivity contribution is 5.87. The van der Waals surface area contributed by atoms with E-state index in [2.05, 4.69) is 5.32 Å². The zero-order chi connectivity index (χ0) is 16.4. The van der Waals surface area contributed by atoms with Gasteiger partial charge in [-0.1, -0.05) is 26.0 Å². The van der Waals surface area contributed by atoms with Gasteiger partial charge in [0.25, 0.3) is 0 Å². The zero-order valence-electron chi connectivity index (χ0n) is 12.5. The molecule has 1 aliphatic rings. The van der Waals surface area contributed by atoms with Crippen molar-refractivity contribution in [2.45, 2.75) is 38.6 Å². The van der Waals surface area contributed by atoms with Crippen molar-refractivity contribution in [1.29, 1.82) is 0 Å². The Kier molecular flexibility index (Phi) is 4.78. The van der Waals surface area contributed by atoms with E-state index >= 15 is 0 Å². The summed E-state index contributed by atoms with van der Waals surface area (Å²) in [6, 6.07) is 2.93. The highest BCUT2D eigenvalue weighted by Crippen LogP contribution is 2.48. The van der Waals surface area contributed by atoms with Gasteiger partial charge < -0.3 is 10.4 Å². The summed E-state index contributed by atoms with van der Waals surface area (Å²) in [5.74, 6) is -4.13. The predicted octanol–water partition coefficient (Wildman–Crippen LogP) is 2.68. The quantitative estimate of drug-likeness (QED) is 0.849. The third-order valence-corrected chi connectivity index (χ3v) is 3.83. The van der Waals surface area contributed by atoms with Crippen LogP contribution in [0.5, 0.6) is 0 Å². The van der Waals surface area contributed by atoms with Gasteiger partial charge >= 0.3 is 5.97 Å². The average molecular weight is 311 g/mol. The first kappa shape index (κ1) is 16.4. The number of carbonyl (C=O) groups is 2. The third kappa shape index (κ3) is 3.61. The standard InChI is InChI=1S/C16H19F2NO3/c1-8(2)6-13(16(21)22)19-15(20)11-7-10(11)9-4-3-5-12(17)14(9)18/h3-5,8,10-11,13H,6-7H2,1-2H3,(H,19,20)(H,21,22)/t10?,11?,13-/m0/s1. The third-order valence-electron chi connectivity index (χ3n) is 3.83. The number of carboxylic acids is 1. The maximum Gasteiger partial charge on any atom is 0.326 e. The van der Waals surface area contributed by atoms with Crippen LogP contribution in [0.2, 0.25) is 0 Å². The molecule has 22 heavy (non-hydrogen) atoms. The molecule has 0 saturated heterocycles. The van der Waals surface area contributed by atoms with Crippen LogP contribution in [0.1, 0.15) is 38.2 Å². The minimum atomic E-state index is -1.09. The number of amides is 1. The van der Waals surface area contributed by atoms with E-state index in [-0.39, 0.29) is 17.4 Å². The van der Waals surface area contributed by atoms with Gasteiger partial charge in [0.05, 0.1) is 0 Å². The van der Waals surface area contributed by atoms with Crippen LogP contribution in [0.15, 0.2) is 18.2 Å². The lowest BCUT2D eigenvalue weighted by Crippen LogP contribution is -2.42. The van der Waals surface area contributed by atoms with Crippen molar-refractivity contribution in [3.63, 3.8) is 0 Å². The number of halogens is 2. The second-order valence-electron chi connectivity index (χ2n) is 6.12. The molecule has 0 spiro atoms. The van der Waals surface area contributed by atoms with Gasteiger partial charge in [-0.05, 0) is 36.3 Å². The minimum absolute atomic E-state index is 0.122. The zero-order valence-corrected chi connectivity index (χ0v) is 12.5. The predicted molar refractivity (Wildman–Crippen MR) is 76.2 cm³/mol. The molecule has 1 aliphatic carbocycles. The van der Waals surface area contributed by atoms with Crippen molar-refractivity contribution >= 4 is 11.9 Å². The van der Waals surface area contributed by atoms with Gasteiger partial charge in [0.15, 0.2) is 11.6 Å². The van der Waals surface area contributed by atoms with Gasteiger partial charge in [-0.2, -0.15) is 0 Å². The van der Waals surface area contributed by atoms with Crippen LogP contribution in [-0.2, 0) is 9.59 Å². The number of hydrogen-bond acceptors (Lipinski definition) is 2. The second-order valence-corrected chi connectivity index (χ2v) is 6.12. The van der Waals surface area contributed by atoms with Crippen LogP contribution >= 0.6 is 0 Å². The van der Waals surface area contributed by atoms with Gasteiger partial charge in [-0.3, -0.25) is 4.79 Å². The SMILES string of the molecule is CC(C)C[C@H](NC(=O)C1CC1c1cccc(F)c1F)C(=O)O. The van der Waals surface area contributed by atoms with E-state index in [4.69, 9.17) is 5.11 Å². The molecule has 1 aromatic rings. The van der Waals surface area contributed by atoms with Crippen LogP contribution in [0, 0.1) is 23.5 Å². The highest BCUT2D eigenvalue weighted by atomic mass is 19.2. The Balaban J connectivity index is 2.01. The summed E-state index contributed by atoms with van der Waals surface area (Å²) in [6.45, 7) is 3.73. The summed E-state index contributed by atoms with van der Waals surface area (Å²) < 4.78 is 26.9. The fourth-order valence-electron chi connectivity index (χ4n) is 2.61. The van der Waals surface area contributed by atoms with E-state index in [1.807, 2.05) is 13.8 Å². The molecule has 0 aromatic heterocycles. The normalized spacial score (nSPS) is 21.5. The number of rotatable bonds is 6. The summed E-state index contributed by atoms with van der Waals surface area (Å²) in [5.41, 5.74) is 0.177. The van der Waals surface area contributed by atoms with Crippen LogP contribution in [0.4, 0.5) is 8.78 Å². The Bertz CT molecular complexity index is 589. The van der Waals surface area contributed by atoms with Crippen molar-refractivity contribution < 1.29 is 23.5 Å². The van der Waals surface area contributed by atoms with Crippen LogP contribution < -0.4 is 5.32 Å². The van der Waals surface area contributed by atoms with Crippen LogP contribution in [0.25, 0.3) is 0 Å². The summed E-state index contributed by atoms with van der Waals surface area (Å²) in [7, 11) is 0. The van der Waals surface area contributed by atoms with Crippen LogP contribution in [0.3, 0.4) is 0 Å². The minimum Gasteiger partial charge on any atom is -0.480 e. The Labute approximate surface area is 127 Å². The Morgan fingerprint density at radius 3 is 2.64 bits per heavy atom. The molecule has 1 amide bonds. The number of carboxylic acid groups (broad SMARTS) is 1.